The van der Waals surface area contributed by atoms with Gasteiger partial charge >= 0.3 is 11.9 Å². The van der Waals surface area contributed by atoms with Crippen molar-refractivity contribution in [3.05, 3.63) is 69.7 Å². The number of carbonyl (C=O) groups is 4. The van der Waals surface area contributed by atoms with E-state index in [2.05, 4.69) is 31.9 Å². The van der Waals surface area contributed by atoms with Crippen molar-refractivity contribution >= 4 is 67.0 Å². The molecule has 0 spiro atoms. The highest BCUT2D eigenvalue weighted by molar-refractivity contribution is 9.10. The van der Waals surface area contributed by atoms with Crippen LogP contribution in [0.4, 0.5) is 0 Å². The number of carbonyl (C=O) groups excluding carboxylic acids is 2. The minimum Gasteiger partial charge on any atom is -0.481 e. The monoisotopic (exact) mass is 766 g/mol. The molecule has 45 heavy (non-hydrogen) atoms. The van der Waals surface area contributed by atoms with Gasteiger partial charge in [-0.15, -0.1) is 0 Å². The maximum absolute atomic E-state index is 12.3. The largest absolute Gasteiger partial charge is 0.481 e. The fourth-order valence-corrected chi connectivity index (χ4v) is 7.26. The van der Waals surface area contributed by atoms with Gasteiger partial charge in [-0.1, -0.05) is 79.9 Å². The van der Waals surface area contributed by atoms with Crippen LogP contribution in [0.3, 0.4) is 0 Å². The third-order valence-corrected chi connectivity index (χ3v) is 10.1. The van der Waals surface area contributed by atoms with Crippen LogP contribution in [0.2, 0.25) is 5.02 Å². The Morgan fingerprint density at radius 3 is 1.47 bits per heavy atom. The molecule has 0 saturated heterocycles. The summed E-state index contributed by atoms with van der Waals surface area (Å²) in [5, 5.41) is 18.4. The molecule has 2 aromatic carbocycles. The van der Waals surface area contributed by atoms with Crippen molar-refractivity contribution in [2.24, 2.45) is 11.8 Å². The first kappa shape index (κ1) is 37.4. The van der Waals surface area contributed by atoms with Gasteiger partial charge in [-0.25, -0.2) is 0 Å². The number of benzene rings is 2. The summed E-state index contributed by atoms with van der Waals surface area (Å²) >= 11 is 13.2. The number of hydrogen-bond acceptors (Lipinski definition) is 4. The summed E-state index contributed by atoms with van der Waals surface area (Å²) in [6, 6.07) is 13.5. The molecule has 9 heteroatoms. The quantitative estimate of drug-likeness (QED) is 0.184. The fraction of sp³-hybridized carbons (Fsp3) is 0.556. The summed E-state index contributed by atoms with van der Waals surface area (Å²) < 4.78 is -1.14. The summed E-state index contributed by atoms with van der Waals surface area (Å²) in [6.45, 7) is 7.35. The standard InChI is InChI=1S/C18H22BrClO3.C18H23BrO3/c1-18(2,19)17(23)13-7-8-14(15(20)10-13)12-5-3-11(4-6-12)9-16(21)22;1-18(2,19)17(22)15-9-7-14(8-10-15)13-5-3-12(4-6-13)11-16(20)21/h7-8,10-12H,3-6,9H2,1-2H3,(H,21,22);7-10,12-13H,3-6,11H2,1-2H3,(H,20,21). The number of aliphatic carboxylic acids is 2. The Hall–Kier alpha value is -2.03. The molecular weight excluding hydrogens is 724 g/mol. The van der Waals surface area contributed by atoms with Crippen LogP contribution in [0.25, 0.3) is 0 Å². The van der Waals surface area contributed by atoms with Crippen LogP contribution in [-0.2, 0) is 9.59 Å². The molecule has 6 nitrogen and oxygen atoms in total. The maximum Gasteiger partial charge on any atom is 0.303 e. The number of alkyl halides is 2. The molecule has 2 aliphatic rings. The highest BCUT2D eigenvalue weighted by Crippen LogP contribution is 2.40. The van der Waals surface area contributed by atoms with E-state index in [1.54, 1.807) is 6.07 Å². The molecule has 0 unspecified atom stereocenters. The van der Waals surface area contributed by atoms with Crippen LogP contribution in [0.1, 0.15) is 136 Å². The lowest BCUT2D eigenvalue weighted by Crippen LogP contribution is -2.24. The van der Waals surface area contributed by atoms with Crippen molar-refractivity contribution < 1.29 is 29.4 Å². The van der Waals surface area contributed by atoms with Crippen molar-refractivity contribution in [3.63, 3.8) is 0 Å². The average Bonchev–Trinajstić information content (AvgIpc) is 2.96. The minimum atomic E-state index is -0.716. The van der Waals surface area contributed by atoms with E-state index >= 15 is 0 Å². The van der Waals surface area contributed by atoms with Gasteiger partial charge in [-0.2, -0.15) is 0 Å². The first-order valence-electron chi connectivity index (χ1n) is 15.8. The van der Waals surface area contributed by atoms with Crippen molar-refractivity contribution in [3.8, 4) is 0 Å². The molecule has 0 bridgehead atoms. The molecule has 2 saturated carbocycles. The van der Waals surface area contributed by atoms with Crippen LogP contribution in [0, 0.1) is 11.8 Å². The molecular formula is C36H45Br2ClO6. The number of carboxylic acid groups (broad SMARTS) is 2. The van der Waals surface area contributed by atoms with Gasteiger partial charge in [0, 0.05) is 29.0 Å². The van der Waals surface area contributed by atoms with E-state index in [9.17, 15) is 19.2 Å². The van der Waals surface area contributed by atoms with Gasteiger partial charge in [-0.05, 0) is 120 Å². The van der Waals surface area contributed by atoms with Gasteiger partial charge in [0.2, 0.25) is 0 Å². The van der Waals surface area contributed by atoms with Gasteiger partial charge in [0.15, 0.2) is 11.6 Å². The molecule has 0 radical (unpaired) electrons. The Kier molecular flexibility index (Phi) is 13.5. The van der Waals surface area contributed by atoms with Crippen LogP contribution >= 0.6 is 43.5 Å². The van der Waals surface area contributed by atoms with Crippen molar-refractivity contribution in [2.75, 3.05) is 0 Å². The van der Waals surface area contributed by atoms with Crippen molar-refractivity contribution in [1.82, 2.24) is 0 Å². The number of hydrogen-bond donors (Lipinski definition) is 2. The topological polar surface area (TPSA) is 109 Å². The zero-order valence-corrected chi connectivity index (χ0v) is 30.5. The number of carboxylic acids is 2. The lowest BCUT2D eigenvalue weighted by atomic mass is 9.77. The second kappa shape index (κ2) is 16.2. The van der Waals surface area contributed by atoms with Gasteiger partial charge < -0.3 is 10.2 Å². The van der Waals surface area contributed by atoms with E-state index in [-0.39, 0.29) is 23.9 Å². The predicted molar refractivity (Wildman–Crippen MR) is 186 cm³/mol. The van der Waals surface area contributed by atoms with Crippen molar-refractivity contribution in [1.29, 1.82) is 0 Å². The minimum absolute atomic E-state index is 0.0103. The van der Waals surface area contributed by atoms with E-state index in [1.807, 2.05) is 64.1 Å². The predicted octanol–water partition coefficient (Wildman–Crippen LogP) is 10.2. The second-order valence-electron chi connectivity index (χ2n) is 13.6. The van der Waals surface area contributed by atoms with E-state index in [4.69, 9.17) is 21.8 Å². The molecule has 0 aliphatic heterocycles. The summed E-state index contributed by atoms with van der Waals surface area (Å²) in [5.41, 5.74) is 3.67. The van der Waals surface area contributed by atoms with E-state index < -0.39 is 20.6 Å². The van der Waals surface area contributed by atoms with Gasteiger partial charge in [-0.3, -0.25) is 19.2 Å². The molecule has 2 aromatic rings. The smallest absolute Gasteiger partial charge is 0.303 e. The summed E-state index contributed by atoms with van der Waals surface area (Å²) in [4.78, 5) is 46.1. The molecule has 0 aromatic heterocycles. The number of Topliss-reactive ketones (excluding diaryl/α,β-unsaturated/α-hetero) is 2. The molecule has 2 N–H and O–H groups in total. The zero-order valence-electron chi connectivity index (χ0n) is 26.6. The Balaban J connectivity index is 0.000000246. The van der Waals surface area contributed by atoms with E-state index in [1.165, 1.54) is 5.56 Å². The molecule has 4 rings (SSSR count). The normalized spacial score (nSPS) is 22.1. The van der Waals surface area contributed by atoms with Crippen LogP contribution in [-0.4, -0.2) is 42.4 Å². The average molecular weight is 769 g/mol. The Morgan fingerprint density at radius 2 is 1.07 bits per heavy atom. The van der Waals surface area contributed by atoms with Gasteiger partial charge in [0.1, 0.15) is 0 Å². The van der Waals surface area contributed by atoms with Gasteiger partial charge in [0.05, 0.1) is 8.65 Å². The first-order valence-corrected chi connectivity index (χ1v) is 17.7. The first-order chi connectivity index (χ1) is 21.0. The fourth-order valence-electron chi connectivity index (χ4n) is 6.46. The Bertz CT molecular complexity index is 1340. The summed E-state index contributed by atoms with van der Waals surface area (Å²) in [7, 11) is 0. The summed E-state index contributed by atoms with van der Waals surface area (Å²) in [6.07, 6.45) is 8.33. The van der Waals surface area contributed by atoms with Crippen LogP contribution in [0.5, 0.6) is 0 Å². The lowest BCUT2D eigenvalue weighted by Gasteiger charge is -2.28. The highest BCUT2D eigenvalue weighted by Gasteiger charge is 2.29. The third kappa shape index (κ3) is 11.3. The molecule has 2 fully saturated rings. The molecule has 0 atom stereocenters. The highest BCUT2D eigenvalue weighted by atomic mass is 79.9. The SMILES string of the molecule is CC(C)(Br)C(=O)c1ccc(C2CCC(CC(=O)O)CC2)c(Cl)c1.CC(C)(Br)C(=O)c1ccc(C2CCC(CC(=O)O)CC2)cc1. The number of ketones is 2. The Labute approximate surface area is 289 Å². The molecule has 0 amide bonds. The van der Waals surface area contributed by atoms with Crippen LogP contribution < -0.4 is 0 Å². The second-order valence-corrected chi connectivity index (χ2v) is 18.0. The molecule has 246 valence electrons. The van der Waals surface area contributed by atoms with E-state index in [0.29, 0.717) is 34.8 Å². The van der Waals surface area contributed by atoms with Gasteiger partial charge in [0.25, 0.3) is 0 Å². The lowest BCUT2D eigenvalue weighted by molar-refractivity contribution is -0.139. The zero-order chi connectivity index (χ0) is 33.5. The molecule has 2 aliphatic carbocycles. The number of halogens is 3. The van der Waals surface area contributed by atoms with Crippen LogP contribution in [0.15, 0.2) is 42.5 Å². The van der Waals surface area contributed by atoms with Crippen molar-refractivity contribution in [2.45, 2.75) is 112 Å². The number of rotatable bonds is 10. The Morgan fingerprint density at radius 1 is 0.667 bits per heavy atom. The summed E-state index contributed by atoms with van der Waals surface area (Å²) in [5.74, 6) is 0.136. The molecule has 0 heterocycles. The third-order valence-electron chi connectivity index (χ3n) is 9.05. The maximum atomic E-state index is 12.3. The van der Waals surface area contributed by atoms with E-state index in [0.717, 1.165) is 62.5 Å².